The molecule has 0 fully saturated rings. The van der Waals surface area contributed by atoms with E-state index in [4.69, 9.17) is 0 Å². The van der Waals surface area contributed by atoms with Crippen LogP contribution in [0, 0.1) is 0 Å². The molecule has 1 aliphatic heterocycles. The molecule has 2 aromatic rings. The maximum absolute atomic E-state index is 12.5. The number of rotatable bonds is 6. The summed E-state index contributed by atoms with van der Waals surface area (Å²) in [6.07, 6.45) is 0.195. The Hall–Kier alpha value is -2.67. The zero-order chi connectivity index (χ0) is 18.7. The Bertz CT molecular complexity index is 813. The number of carboxylic acids is 1. The van der Waals surface area contributed by atoms with Crippen molar-refractivity contribution < 1.29 is 14.7 Å². The Morgan fingerprint density at radius 2 is 1.96 bits per heavy atom. The topological polar surface area (TPSA) is 76.0 Å². The Labute approximate surface area is 156 Å². The van der Waals surface area contributed by atoms with Gasteiger partial charge in [-0.1, -0.05) is 18.2 Å². The Kier molecular flexibility index (Phi) is 5.37. The predicted octanol–water partition coefficient (Wildman–Crippen LogP) is 2.02. The number of carbonyl (C=O) groups excluding carboxylic acids is 2. The summed E-state index contributed by atoms with van der Waals surface area (Å²) in [6.45, 7) is 0. The molecule has 1 aliphatic rings. The van der Waals surface area contributed by atoms with E-state index < -0.39 is 5.97 Å². The molecule has 1 aromatic heterocycles. The van der Waals surface area contributed by atoms with Crippen LogP contribution in [-0.2, 0) is 9.59 Å². The molecule has 6 nitrogen and oxygen atoms in total. The van der Waals surface area contributed by atoms with Crippen LogP contribution in [0.4, 0.5) is 5.69 Å². The van der Waals surface area contributed by atoms with E-state index in [0.717, 1.165) is 21.8 Å². The van der Waals surface area contributed by atoms with E-state index in [9.17, 15) is 14.7 Å². The van der Waals surface area contributed by atoms with Crippen molar-refractivity contribution in [2.24, 2.45) is 5.10 Å². The molecule has 0 radical (unpaired) electrons. The first-order valence-electron chi connectivity index (χ1n) is 8.36. The average molecular weight is 370 g/mol. The summed E-state index contributed by atoms with van der Waals surface area (Å²) in [7, 11) is 3.94. The second-order valence-electron chi connectivity index (χ2n) is 6.34. The van der Waals surface area contributed by atoms with Crippen molar-refractivity contribution in [1.29, 1.82) is 0 Å². The third kappa shape index (κ3) is 3.94. The zero-order valence-corrected chi connectivity index (χ0v) is 15.5. The molecule has 0 unspecified atom stereocenters. The Morgan fingerprint density at radius 1 is 1.23 bits per heavy atom. The largest absolute Gasteiger partial charge is 0.550 e. The van der Waals surface area contributed by atoms with Gasteiger partial charge >= 0.3 is 0 Å². The van der Waals surface area contributed by atoms with Gasteiger partial charge in [-0.25, -0.2) is 5.01 Å². The highest BCUT2D eigenvalue weighted by Crippen LogP contribution is 2.35. The number of anilines is 1. The van der Waals surface area contributed by atoms with Gasteiger partial charge in [-0.05, 0) is 35.6 Å². The van der Waals surface area contributed by atoms with Crippen LogP contribution in [0.2, 0.25) is 0 Å². The fourth-order valence-corrected chi connectivity index (χ4v) is 3.63. The van der Waals surface area contributed by atoms with Crippen LogP contribution < -0.4 is 10.0 Å². The van der Waals surface area contributed by atoms with Gasteiger partial charge in [0.2, 0.25) is 5.91 Å². The lowest BCUT2D eigenvalue weighted by atomic mass is 10.0. The van der Waals surface area contributed by atoms with Gasteiger partial charge < -0.3 is 14.8 Å². The number of amides is 1. The van der Waals surface area contributed by atoms with Crippen molar-refractivity contribution in [3.05, 3.63) is 52.2 Å². The molecule has 0 saturated heterocycles. The van der Waals surface area contributed by atoms with E-state index in [0.29, 0.717) is 6.42 Å². The SMILES string of the molecule is CN(C)c1ccc([C@@H]2CC(c3cccs3)=NN2C(=O)CCC(=O)[O-])cc1. The summed E-state index contributed by atoms with van der Waals surface area (Å²) in [5, 5.41) is 18.6. The van der Waals surface area contributed by atoms with Crippen LogP contribution in [0.15, 0.2) is 46.9 Å². The minimum absolute atomic E-state index is 0.115. The summed E-state index contributed by atoms with van der Waals surface area (Å²) in [5.41, 5.74) is 2.90. The van der Waals surface area contributed by atoms with Gasteiger partial charge in [0.25, 0.3) is 0 Å². The molecule has 7 heteroatoms. The van der Waals surface area contributed by atoms with Crippen molar-refractivity contribution in [1.82, 2.24) is 5.01 Å². The highest BCUT2D eigenvalue weighted by Gasteiger charge is 2.33. The van der Waals surface area contributed by atoms with Gasteiger partial charge in [-0.2, -0.15) is 5.10 Å². The second-order valence-corrected chi connectivity index (χ2v) is 7.29. The predicted molar refractivity (Wildman–Crippen MR) is 100 cm³/mol. The van der Waals surface area contributed by atoms with Crippen LogP contribution in [-0.4, -0.2) is 36.7 Å². The number of hydrogen-bond donors (Lipinski definition) is 0. The molecule has 3 rings (SSSR count). The number of carboxylic acid groups (broad SMARTS) is 1. The minimum atomic E-state index is -1.23. The number of thiophene rings is 1. The molecule has 0 N–H and O–H groups in total. The molecular formula is C19H20N3O3S-. The maximum Gasteiger partial charge on any atom is 0.243 e. The van der Waals surface area contributed by atoms with Crippen molar-refractivity contribution >= 4 is 34.6 Å². The lowest BCUT2D eigenvalue weighted by molar-refractivity contribution is -0.305. The van der Waals surface area contributed by atoms with Crippen molar-refractivity contribution in [2.45, 2.75) is 25.3 Å². The van der Waals surface area contributed by atoms with E-state index in [2.05, 4.69) is 5.10 Å². The molecule has 0 saturated carbocycles. The highest BCUT2D eigenvalue weighted by molar-refractivity contribution is 7.12. The summed E-state index contributed by atoms with van der Waals surface area (Å²) in [4.78, 5) is 26.3. The third-order valence-electron chi connectivity index (χ3n) is 4.31. The summed E-state index contributed by atoms with van der Waals surface area (Å²) >= 11 is 1.58. The fraction of sp³-hybridized carbons (Fsp3) is 0.316. The Balaban J connectivity index is 1.86. The first-order chi connectivity index (χ1) is 12.5. The van der Waals surface area contributed by atoms with E-state index in [-0.39, 0.29) is 24.8 Å². The van der Waals surface area contributed by atoms with Crippen LogP contribution in [0.5, 0.6) is 0 Å². The molecule has 1 atom stereocenters. The number of aliphatic carboxylic acids is 1. The van der Waals surface area contributed by atoms with E-state index in [1.165, 1.54) is 5.01 Å². The maximum atomic E-state index is 12.5. The van der Waals surface area contributed by atoms with Gasteiger partial charge in [-0.3, -0.25) is 4.79 Å². The first-order valence-corrected chi connectivity index (χ1v) is 9.24. The van der Waals surface area contributed by atoms with Gasteiger partial charge in [0.15, 0.2) is 0 Å². The fourth-order valence-electron chi connectivity index (χ4n) is 2.91. The minimum Gasteiger partial charge on any atom is -0.550 e. The quantitative estimate of drug-likeness (QED) is 0.780. The summed E-state index contributed by atoms with van der Waals surface area (Å²) < 4.78 is 0. The molecule has 2 heterocycles. The second kappa shape index (κ2) is 7.70. The van der Waals surface area contributed by atoms with Gasteiger partial charge in [0.1, 0.15) is 0 Å². The lowest BCUT2D eigenvalue weighted by Crippen LogP contribution is -2.29. The lowest BCUT2D eigenvalue weighted by Gasteiger charge is -2.23. The third-order valence-corrected chi connectivity index (χ3v) is 5.23. The zero-order valence-electron chi connectivity index (χ0n) is 14.7. The molecule has 1 aromatic carbocycles. The number of carbonyl (C=O) groups is 2. The van der Waals surface area contributed by atoms with Crippen molar-refractivity contribution in [3.63, 3.8) is 0 Å². The number of hydrogen-bond acceptors (Lipinski definition) is 6. The number of nitrogens with zero attached hydrogens (tertiary/aromatic N) is 3. The monoisotopic (exact) mass is 370 g/mol. The number of hydrazone groups is 1. The Morgan fingerprint density at radius 3 is 2.54 bits per heavy atom. The standard InChI is InChI=1S/C19H21N3O3S/c1-21(2)14-7-5-13(6-8-14)16-12-15(17-4-3-11-26-17)20-22(16)18(23)9-10-19(24)25/h3-8,11,16H,9-10,12H2,1-2H3,(H,24,25)/p-1/t16-/m0/s1. The molecule has 0 bridgehead atoms. The smallest absolute Gasteiger partial charge is 0.243 e. The molecule has 26 heavy (non-hydrogen) atoms. The van der Waals surface area contributed by atoms with Crippen LogP contribution in [0.1, 0.15) is 35.7 Å². The van der Waals surface area contributed by atoms with E-state index in [1.54, 1.807) is 11.3 Å². The van der Waals surface area contributed by atoms with Crippen molar-refractivity contribution in [2.75, 3.05) is 19.0 Å². The number of benzene rings is 1. The summed E-state index contributed by atoms with van der Waals surface area (Å²) in [5.74, 6) is -1.53. The molecule has 0 aliphatic carbocycles. The molecular weight excluding hydrogens is 350 g/mol. The molecule has 1 amide bonds. The van der Waals surface area contributed by atoms with Gasteiger partial charge in [0, 0.05) is 38.6 Å². The first kappa shape index (κ1) is 18.1. The normalized spacial score (nSPS) is 16.5. The summed E-state index contributed by atoms with van der Waals surface area (Å²) in [6, 6.07) is 11.7. The molecule has 0 spiro atoms. The molecule has 136 valence electrons. The average Bonchev–Trinajstić information content (AvgIpc) is 3.29. The van der Waals surface area contributed by atoms with Crippen LogP contribution in [0.3, 0.4) is 0 Å². The van der Waals surface area contributed by atoms with Crippen molar-refractivity contribution in [3.8, 4) is 0 Å². The van der Waals surface area contributed by atoms with Crippen LogP contribution in [0.25, 0.3) is 0 Å². The van der Waals surface area contributed by atoms with Crippen LogP contribution >= 0.6 is 11.3 Å². The van der Waals surface area contributed by atoms with E-state index >= 15 is 0 Å². The van der Waals surface area contributed by atoms with E-state index in [1.807, 2.05) is 60.8 Å². The highest BCUT2D eigenvalue weighted by atomic mass is 32.1. The van der Waals surface area contributed by atoms with Gasteiger partial charge in [-0.15, -0.1) is 11.3 Å². The van der Waals surface area contributed by atoms with Gasteiger partial charge in [0.05, 0.1) is 16.6 Å².